The zero-order valence-electron chi connectivity index (χ0n) is 20.7. The predicted octanol–water partition coefficient (Wildman–Crippen LogP) is 2.30. The van der Waals surface area contributed by atoms with E-state index in [2.05, 4.69) is 15.2 Å². The number of fused-ring (bicyclic) bond motifs is 3. The van der Waals surface area contributed by atoms with Crippen LogP contribution in [0.1, 0.15) is 60.3 Å². The van der Waals surface area contributed by atoms with Crippen molar-refractivity contribution in [2.45, 2.75) is 57.5 Å². The minimum Gasteiger partial charge on any atom is -0.387 e. The number of nitrogens with zero attached hydrogens (tertiary/aromatic N) is 7. The van der Waals surface area contributed by atoms with E-state index in [0.717, 1.165) is 29.7 Å². The molecule has 2 aliphatic rings. The number of aryl methyl sites for hydroxylation is 1. The predicted molar refractivity (Wildman–Crippen MR) is 135 cm³/mol. The van der Waals surface area contributed by atoms with Gasteiger partial charge in [-0.1, -0.05) is 0 Å². The molecule has 11 heteroatoms. The minimum atomic E-state index is -0.487. The van der Waals surface area contributed by atoms with Gasteiger partial charge in [0.25, 0.3) is 0 Å². The van der Waals surface area contributed by atoms with Gasteiger partial charge in [-0.3, -0.25) is 9.59 Å². The molecule has 0 radical (unpaired) electrons. The van der Waals surface area contributed by atoms with Crippen molar-refractivity contribution in [2.24, 2.45) is 0 Å². The molecule has 6 heterocycles. The number of anilines is 1. The number of ketones is 1. The van der Waals surface area contributed by atoms with Gasteiger partial charge in [0, 0.05) is 41.5 Å². The summed E-state index contributed by atoms with van der Waals surface area (Å²) >= 11 is 0. The Hall–Kier alpha value is -4.12. The second-order valence-electron chi connectivity index (χ2n) is 9.93. The largest absolute Gasteiger partial charge is 0.387 e. The Balaban J connectivity index is 1.41. The number of carbonyl (C=O) groups excluding carboxylic acids is 2. The molecule has 0 saturated carbocycles. The van der Waals surface area contributed by atoms with Gasteiger partial charge in [0.2, 0.25) is 5.91 Å². The Bertz CT molecular complexity index is 1510. The van der Waals surface area contributed by atoms with E-state index in [4.69, 9.17) is 10.7 Å². The Morgan fingerprint density at radius 3 is 2.49 bits per heavy atom. The molecule has 37 heavy (non-hydrogen) atoms. The van der Waals surface area contributed by atoms with Crippen molar-refractivity contribution in [1.29, 1.82) is 0 Å². The highest BCUT2D eigenvalue weighted by molar-refractivity contribution is 6.00. The van der Waals surface area contributed by atoms with Crippen LogP contribution in [0, 0.1) is 6.92 Å². The fourth-order valence-corrected chi connectivity index (χ4v) is 6.01. The number of pyridine rings is 1. The molecule has 4 aromatic heterocycles. The van der Waals surface area contributed by atoms with Crippen LogP contribution in [0.25, 0.3) is 22.6 Å². The third-order valence-corrected chi connectivity index (χ3v) is 7.62. The van der Waals surface area contributed by atoms with Gasteiger partial charge in [0.15, 0.2) is 17.2 Å². The molecule has 2 saturated heterocycles. The fourth-order valence-electron chi connectivity index (χ4n) is 6.01. The molecule has 4 aromatic rings. The molecule has 2 bridgehead atoms. The summed E-state index contributed by atoms with van der Waals surface area (Å²) in [7, 11) is 0. The molecule has 0 aliphatic carbocycles. The van der Waals surface area contributed by atoms with Crippen molar-refractivity contribution >= 4 is 23.2 Å². The van der Waals surface area contributed by atoms with E-state index in [-0.39, 0.29) is 35.5 Å². The molecule has 3 N–H and O–H groups in total. The monoisotopic (exact) mass is 500 g/mol. The van der Waals surface area contributed by atoms with Crippen molar-refractivity contribution in [1.82, 2.24) is 34.3 Å². The molecule has 190 valence electrons. The zero-order chi connectivity index (χ0) is 25.8. The van der Waals surface area contributed by atoms with Crippen LogP contribution in [0.3, 0.4) is 0 Å². The minimum absolute atomic E-state index is 0.0227. The first-order valence-corrected chi connectivity index (χ1v) is 12.4. The van der Waals surface area contributed by atoms with Gasteiger partial charge >= 0.3 is 0 Å². The lowest BCUT2D eigenvalue weighted by atomic mass is 9.85. The van der Waals surface area contributed by atoms with Crippen LogP contribution in [0.4, 0.5) is 5.82 Å². The second kappa shape index (κ2) is 8.77. The summed E-state index contributed by atoms with van der Waals surface area (Å²) in [6.45, 7) is 2.93. The SMILES string of the molecule is CC(=O)c1c([C@@H]2C[C@H]3CC[C@@H](C2)N3C(=O)CO)nc2c(-c3ccc(-n4ccc(C)n4)nc3)cnn2c1N. The molecular weight excluding hydrogens is 472 g/mol. The van der Waals surface area contributed by atoms with Crippen molar-refractivity contribution < 1.29 is 14.7 Å². The number of piperidine rings is 1. The average Bonchev–Trinajstić information content (AvgIpc) is 3.59. The van der Waals surface area contributed by atoms with E-state index in [1.54, 1.807) is 17.1 Å². The van der Waals surface area contributed by atoms with Crippen LogP contribution in [0.5, 0.6) is 0 Å². The second-order valence-corrected chi connectivity index (χ2v) is 9.93. The maximum Gasteiger partial charge on any atom is 0.248 e. The molecule has 1 amide bonds. The number of aliphatic hydroxyl groups is 1. The highest BCUT2D eigenvalue weighted by Crippen LogP contribution is 2.44. The lowest BCUT2D eigenvalue weighted by Crippen LogP contribution is -2.47. The molecule has 3 atom stereocenters. The van der Waals surface area contributed by atoms with Crippen LogP contribution in [-0.2, 0) is 4.79 Å². The topological polar surface area (TPSA) is 145 Å². The van der Waals surface area contributed by atoms with E-state index >= 15 is 0 Å². The van der Waals surface area contributed by atoms with Crippen LogP contribution in [0.15, 0.2) is 36.8 Å². The number of hydrogen-bond acceptors (Lipinski definition) is 8. The smallest absolute Gasteiger partial charge is 0.248 e. The molecular formula is C26H28N8O3. The Morgan fingerprint density at radius 1 is 1.14 bits per heavy atom. The number of nitrogens with two attached hydrogens (primary N) is 1. The van der Waals surface area contributed by atoms with Crippen molar-refractivity contribution in [2.75, 3.05) is 12.3 Å². The van der Waals surface area contributed by atoms with E-state index < -0.39 is 6.61 Å². The molecule has 6 rings (SSSR count). The van der Waals surface area contributed by atoms with Gasteiger partial charge in [-0.15, -0.1) is 0 Å². The molecule has 0 unspecified atom stereocenters. The molecule has 11 nitrogen and oxygen atoms in total. The van der Waals surface area contributed by atoms with Crippen LogP contribution < -0.4 is 5.73 Å². The van der Waals surface area contributed by atoms with E-state index in [1.165, 1.54) is 11.4 Å². The first-order valence-electron chi connectivity index (χ1n) is 12.4. The molecule has 0 spiro atoms. The van der Waals surface area contributed by atoms with Gasteiger partial charge < -0.3 is 15.7 Å². The standard InChI is InChI=1S/C26H28N8O3/c1-14-7-8-32(31-14)21-6-3-16(11-28-21)20-12-29-34-25(27)23(15(2)36)24(30-26(20)34)17-9-18-4-5-19(10-17)33(18)22(37)13-35/h3,6-8,11-12,17-19,35H,4-5,9-10,13,27H2,1-2H3/t17-,18-,19+. The summed E-state index contributed by atoms with van der Waals surface area (Å²) in [6.07, 6.45) is 8.41. The summed E-state index contributed by atoms with van der Waals surface area (Å²) in [6, 6.07) is 5.78. The zero-order valence-corrected chi connectivity index (χ0v) is 20.7. The highest BCUT2D eigenvalue weighted by atomic mass is 16.3. The molecule has 2 fully saturated rings. The van der Waals surface area contributed by atoms with Gasteiger partial charge in [0.1, 0.15) is 12.4 Å². The lowest BCUT2D eigenvalue weighted by Gasteiger charge is -2.39. The van der Waals surface area contributed by atoms with Crippen LogP contribution >= 0.6 is 0 Å². The van der Waals surface area contributed by atoms with E-state index in [0.29, 0.717) is 35.6 Å². The summed E-state index contributed by atoms with van der Waals surface area (Å²) < 4.78 is 3.23. The number of carbonyl (C=O) groups is 2. The lowest BCUT2D eigenvalue weighted by molar-refractivity contribution is -0.138. The van der Waals surface area contributed by atoms with Crippen LogP contribution in [-0.4, -0.2) is 69.7 Å². The van der Waals surface area contributed by atoms with Crippen LogP contribution in [0.2, 0.25) is 0 Å². The number of aliphatic hydroxyl groups excluding tert-OH is 1. The first-order chi connectivity index (χ1) is 17.9. The quantitative estimate of drug-likeness (QED) is 0.397. The normalized spacial score (nSPS) is 21.1. The van der Waals surface area contributed by atoms with Crippen molar-refractivity contribution in [3.05, 3.63) is 53.7 Å². The van der Waals surface area contributed by atoms with Crippen molar-refractivity contribution in [3.63, 3.8) is 0 Å². The average molecular weight is 501 g/mol. The summed E-state index contributed by atoms with van der Waals surface area (Å²) in [4.78, 5) is 36.4. The molecule has 2 aliphatic heterocycles. The maximum atomic E-state index is 12.7. The van der Waals surface area contributed by atoms with E-state index in [9.17, 15) is 14.7 Å². The first kappa shape index (κ1) is 23.3. The number of nitrogen functional groups attached to an aromatic ring is 1. The number of Topliss-reactive ketones (excluding diaryl/α,β-unsaturated/α-hetero) is 1. The molecule has 0 aromatic carbocycles. The summed E-state index contributed by atoms with van der Waals surface area (Å²) in [5.74, 6) is 0.523. The van der Waals surface area contributed by atoms with Gasteiger partial charge in [-0.05, 0) is 57.7 Å². The van der Waals surface area contributed by atoms with E-state index in [1.807, 2.05) is 36.2 Å². The summed E-state index contributed by atoms with van der Waals surface area (Å²) in [5, 5.41) is 18.3. The van der Waals surface area contributed by atoms with Gasteiger partial charge in [-0.25, -0.2) is 14.6 Å². The third kappa shape index (κ3) is 3.77. The van der Waals surface area contributed by atoms with Gasteiger partial charge in [0.05, 0.1) is 23.1 Å². The fraction of sp³-hybridized carbons (Fsp3) is 0.385. The Morgan fingerprint density at radius 2 is 1.89 bits per heavy atom. The highest BCUT2D eigenvalue weighted by Gasteiger charge is 2.44. The Labute approximate surface area is 212 Å². The number of aromatic nitrogens is 6. The number of rotatable bonds is 5. The third-order valence-electron chi connectivity index (χ3n) is 7.62. The Kier molecular flexibility index (Phi) is 5.52. The number of amides is 1. The summed E-state index contributed by atoms with van der Waals surface area (Å²) in [5.41, 5.74) is 10.6. The number of hydrogen-bond donors (Lipinski definition) is 2. The maximum absolute atomic E-state index is 12.7. The van der Waals surface area contributed by atoms with Gasteiger partial charge in [-0.2, -0.15) is 14.7 Å². The van der Waals surface area contributed by atoms with Crippen molar-refractivity contribution in [3.8, 4) is 16.9 Å².